The molecule has 0 fully saturated rings. The minimum Gasteiger partial charge on any atom is -0.463 e. The first-order valence-corrected chi connectivity index (χ1v) is 5.66. The molecule has 1 aromatic carbocycles. The van der Waals surface area contributed by atoms with Gasteiger partial charge in [0.1, 0.15) is 6.61 Å². The van der Waals surface area contributed by atoms with Crippen LogP contribution in [0.4, 0.5) is 0 Å². The zero-order chi connectivity index (χ0) is 13.6. The van der Waals surface area contributed by atoms with Gasteiger partial charge in [0.05, 0.1) is 6.61 Å². The summed E-state index contributed by atoms with van der Waals surface area (Å²) in [5, 5.41) is 0. The fourth-order valence-corrected chi connectivity index (χ4v) is 1.02. The maximum Gasteiger partial charge on any atom is 0.293 e. The number of carbonyl (C=O) groups is 2. The third kappa shape index (κ3) is 10.6. The predicted octanol–water partition coefficient (Wildman–Crippen LogP) is 1.26. The van der Waals surface area contributed by atoms with Crippen molar-refractivity contribution in [2.45, 2.75) is 20.0 Å². The van der Waals surface area contributed by atoms with Gasteiger partial charge in [-0.05, 0) is 12.5 Å². The minimum atomic E-state index is -0.307. The van der Waals surface area contributed by atoms with Crippen molar-refractivity contribution in [3.05, 3.63) is 35.9 Å². The van der Waals surface area contributed by atoms with Crippen molar-refractivity contribution in [1.82, 2.24) is 0 Å². The highest BCUT2D eigenvalue weighted by Gasteiger charge is 1.90. The molecule has 0 heterocycles. The molecule has 0 saturated carbocycles. The maximum atomic E-state index is 10.0. The first kappa shape index (κ1) is 16.1. The van der Waals surface area contributed by atoms with Crippen molar-refractivity contribution >= 4 is 12.4 Å². The Morgan fingerprint density at radius 3 is 2.50 bits per heavy atom. The lowest BCUT2D eigenvalue weighted by atomic mass is 10.2. The summed E-state index contributed by atoms with van der Waals surface area (Å²) in [6, 6.07) is 9.55. The van der Waals surface area contributed by atoms with Crippen LogP contribution in [-0.4, -0.2) is 25.6 Å². The van der Waals surface area contributed by atoms with Gasteiger partial charge in [-0.15, -0.1) is 0 Å². The van der Waals surface area contributed by atoms with Crippen LogP contribution in [0.15, 0.2) is 30.3 Å². The summed E-state index contributed by atoms with van der Waals surface area (Å²) >= 11 is 0. The van der Waals surface area contributed by atoms with E-state index in [0.29, 0.717) is 32.7 Å². The molecule has 0 unspecified atom stereocenters. The zero-order valence-corrected chi connectivity index (χ0v) is 10.5. The van der Waals surface area contributed by atoms with Gasteiger partial charge in [0, 0.05) is 13.0 Å². The van der Waals surface area contributed by atoms with Gasteiger partial charge < -0.3 is 15.2 Å². The Hall–Kier alpha value is -1.88. The van der Waals surface area contributed by atoms with E-state index in [0.717, 1.165) is 5.56 Å². The van der Waals surface area contributed by atoms with E-state index in [1.165, 1.54) is 0 Å². The fraction of sp³-hybridized carbons (Fsp3) is 0.385. The van der Waals surface area contributed by atoms with Crippen molar-refractivity contribution in [3.8, 4) is 0 Å². The Labute approximate surface area is 107 Å². The molecule has 1 rings (SSSR count). The van der Waals surface area contributed by atoms with Gasteiger partial charge in [-0.1, -0.05) is 30.3 Å². The van der Waals surface area contributed by atoms with Gasteiger partial charge in [0.2, 0.25) is 5.91 Å². The van der Waals surface area contributed by atoms with E-state index in [9.17, 15) is 9.59 Å². The van der Waals surface area contributed by atoms with Crippen LogP contribution < -0.4 is 5.73 Å². The molecule has 2 N–H and O–H groups in total. The second kappa shape index (κ2) is 11.6. The average molecular weight is 253 g/mol. The van der Waals surface area contributed by atoms with E-state index in [1.54, 1.807) is 0 Å². The van der Waals surface area contributed by atoms with Gasteiger partial charge in [-0.2, -0.15) is 0 Å². The summed E-state index contributed by atoms with van der Waals surface area (Å²) < 4.78 is 9.38. The van der Waals surface area contributed by atoms with Gasteiger partial charge in [0.15, 0.2) is 0 Å². The highest BCUT2D eigenvalue weighted by molar-refractivity contribution is 5.73. The number of rotatable bonds is 7. The average Bonchev–Trinajstić information content (AvgIpc) is 2.38. The number of benzene rings is 1. The Balaban J connectivity index is 0.000000331. The van der Waals surface area contributed by atoms with Crippen LogP contribution in [0.1, 0.15) is 18.9 Å². The molecule has 1 aromatic rings. The molecule has 100 valence electrons. The first-order chi connectivity index (χ1) is 8.70. The number of ether oxygens (including phenoxy) is 2. The molecule has 0 aliphatic heterocycles. The largest absolute Gasteiger partial charge is 0.463 e. The number of hydrogen-bond donors (Lipinski definition) is 1. The molecular formula is C13H19NO4. The Bertz CT molecular complexity index is 327. The number of carbonyl (C=O) groups excluding carboxylic acids is 2. The molecular weight excluding hydrogens is 234 g/mol. The molecule has 5 heteroatoms. The van der Waals surface area contributed by atoms with Gasteiger partial charge in [0.25, 0.3) is 6.47 Å². The molecule has 0 aromatic heterocycles. The lowest BCUT2D eigenvalue weighted by molar-refractivity contribution is -0.129. The Morgan fingerprint density at radius 2 is 2.00 bits per heavy atom. The summed E-state index contributed by atoms with van der Waals surface area (Å²) in [7, 11) is 0. The van der Waals surface area contributed by atoms with Crippen LogP contribution >= 0.6 is 0 Å². The zero-order valence-electron chi connectivity index (χ0n) is 10.5. The third-order valence-corrected chi connectivity index (χ3v) is 1.86. The number of nitrogens with two attached hydrogens (primary N) is 1. The quantitative estimate of drug-likeness (QED) is 0.586. The smallest absolute Gasteiger partial charge is 0.293 e. The van der Waals surface area contributed by atoms with Gasteiger partial charge in [-0.3, -0.25) is 9.59 Å². The van der Waals surface area contributed by atoms with Crippen molar-refractivity contribution in [1.29, 1.82) is 0 Å². The topological polar surface area (TPSA) is 78.6 Å². The molecule has 1 amide bonds. The summed E-state index contributed by atoms with van der Waals surface area (Å²) in [5.74, 6) is -0.307. The van der Waals surface area contributed by atoms with Crippen molar-refractivity contribution in [2.24, 2.45) is 5.73 Å². The Morgan fingerprint density at radius 1 is 1.33 bits per heavy atom. The van der Waals surface area contributed by atoms with E-state index in [2.05, 4.69) is 4.74 Å². The highest BCUT2D eigenvalue weighted by Crippen LogP contribution is 1.98. The molecule has 0 atom stereocenters. The van der Waals surface area contributed by atoms with E-state index in [1.807, 2.05) is 37.3 Å². The summed E-state index contributed by atoms with van der Waals surface area (Å²) in [4.78, 5) is 19.8. The van der Waals surface area contributed by atoms with Crippen molar-refractivity contribution in [3.63, 3.8) is 0 Å². The minimum absolute atomic E-state index is 0.307. The van der Waals surface area contributed by atoms with Gasteiger partial charge in [-0.25, -0.2) is 0 Å². The standard InChI is InChI=1S/C8H8O2.C5H11NO2/c9-7-10-6-8-4-2-1-3-5-8;1-2-8-4-3-5(6)7/h1-5,7H,6H2;2-4H2,1H3,(H2,6,7). The molecule has 0 radical (unpaired) electrons. The van der Waals surface area contributed by atoms with Crippen LogP contribution in [0.2, 0.25) is 0 Å². The molecule has 0 aliphatic rings. The normalized spacial score (nSPS) is 8.94. The molecule has 0 saturated heterocycles. The highest BCUT2D eigenvalue weighted by atomic mass is 16.5. The molecule has 0 bridgehead atoms. The Kier molecular flexibility index (Phi) is 10.4. The fourth-order valence-electron chi connectivity index (χ4n) is 1.02. The van der Waals surface area contributed by atoms with Crippen LogP contribution in [-0.2, 0) is 25.7 Å². The third-order valence-electron chi connectivity index (χ3n) is 1.86. The van der Waals surface area contributed by atoms with E-state index in [-0.39, 0.29) is 5.91 Å². The van der Waals surface area contributed by atoms with Crippen molar-refractivity contribution < 1.29 is 19.1 Å². The van der Waals surface area contributed by atoms with Crippen LogP contribution in [0, 0.1) is 0 Å². The predicted molar refractivity (Wildman–Crippen MR) is 67.6 cm³/mol. The van der Waals surface area contributed by atoms with Gasteiger partial charge >= 0.3 is 0 Å². The summed E-state index contributed by atoms with van der Waals surface area (Å²) in [5.41, 5.74) is 5.82. The molecule has 0 aliphatic carbocycles. The maximum absolute atomic E-state index is 10.0. The lowest BCUT2D eigenvalue weighted by Gasteiger charge is -1.95. The molecule has 18 heavy (non-hydrogen) atoms. The monoisotopic (exact) mass is 253 g/mol. The molecule has 0 spiro atoms. The SMILES string of the molecule is CCOCCC(N)=O.O=COCc1ccccc1. The summed E-state index contributed by atoms with van der Waals surface area (Å²) in [6.45, 7) is 3.79. The van der Waals surface area contributed by atoms with E-state index < -0.39 is 0 Å². The number of hydrogen-bond acceptors (Lipinski definition) is 4. The van der Waals surface area contributed by atoms with E-state index >= 15 is 0 Å². The number of primary amides is 1. The first-order valence-electron chi connectivity index (χ1n) is 5.66. The second-order valence-electron chi connectivity index (χ2n) is 3.31. The summed E-state index contributed by atoms with van der Waals surface area (Å²) in [6.07, 6.45) is 0.327. The van der Waals surface area contributed by atoms with Crippen LogP contribution in [0.3, 0.4) is 0 Å². The number of amides is 1. The second-order valence-corrected chi connectivity index (χ2v) is 3.31. The van der Waals surface area contributed by atoms with Crippen LogP contribution in [0.25, 0.3) is 0 Å². The lowest BCUT2D eigenvalue weighted by Crippen LogP contribution is -2.13. The van der Waals surface area contributed by atoms with E-state index in [4.69, 9.17) is 10.5 Å². The van der Waals surface area contributed by atoms with Crippen LogP contribution in [0.5, 0.6) is 0 Å². The van der Waals surface area contributed by atoms with Crippen molar-refractivity contribution in [2.75, 3.05) is 13.2 Å². The molecule has 5 nitrogen and oxygen atoms in total.